The third-order valence-corrected chi connectivity index (χ3v) is 5.82. The van der Waals surface area contributed by atoms with Gasteiger partial charge in [0.25, 0.3) is 0 Å². The first-order valence-corrected chi connectivity index (χ1v) is 9.45. The SMILES string of the molecule is CSCC(C)NC1CCCCC1C1CCCCC1. The van der Waals surface area contributed by atoms with E-state index >= 15 is 0 Å². The Morgan fingerprint density at radius 1 is 1.00 bits per heavy atom. The summed E-state index contributed by atoms with van der Waals surface area (Å²) in [6.45, 7) is 2.36. The average molecular weight is 269 g/mol. The number of nitrogens with one attached hydrogen (secondary N) is 1. The van der Waals surface area contributed by atoms with Gasteiger partial charge in [-0.05, 0) is 37.9 Å². The van der Waals surface area contributed by atoms with Crippen molar-refractivity contribution in [2.45, 2.75) is 76.8 Å². The summed E-state index contributed by atoms with van der Waals surface area (Å²) in [6.07, 6.45) is 15.6. The van der Waals surface area contributed by atoms with Crippen LogP contribution in [-0.4, -0.2) is 24.1 Å². The van der Waals surface area contributed by atoms with Gasteiger partial charge in [0, 0.05) is 17.8 Å². The zero-order valence-corrected chi connectivity index (χ0v) is 13.1. The van der Waals surface area contributed by atoms with Gasteiger partial charge in [-0.15, -0.1) is 0 Å². The molecule has 0 aromatic rings. The van der Waals surface area contributed by atoms with Gasteiger partial charge in [-0.1, -0.05) is 44.9 Å². The van der Waals surface area contributed by atoms with Gasteiger partial charge in [-0.2, -0.15) is 11.8 Å². The van der Waals surface area contributed by atoms with Crippen LogP contribution in [0.15, 0.2) is 0 Å². The lowest BCUT2D eigenvalue weighted by Gasteiger charge is -2.40. The highest BCUT2D eigenvalue weighted by Gasteiger charge is 2.32. The molecule has 0 saturated heterocycles. The monoisotopic (exact) mass is 269 g/mol. The molecule has 2 fully saturated rings. The molecule has 0 aromatic heterocycles. The van der Waals surface area contributed by atoms with Crippen molar-refractivity contribution in [2.24, 2.45) is 11.8 Å². The molecule has 0 amide bonds. The molecule has 18 heavy (non-hydrogen) atoms. The second kappa shape index (κ2) is 7.79. The highest BCUT2D eigenvalue weighted by molar-refractivity contribution is 7.98. The van der Waals surface area contributed by atoms with E-state index < -0.39 is 0 Å². The second-order valence-electron chi connectivity index (χ2n) is 6.48. The van der Waals surface area contributed by atoms with Crippen molar-refractivity contribution < 1.29 is 0 Å². The zero-order valence-electron chi connectivity index (χ0n) is 12.3. The zero-order chi connectivity index (χ0) is 12.8. The second-order valence-corrected chi connectivity index (χ2v) is 7.39. The van der Waals surface area contributed by atoms with E-state index in [1.165, 1.54) is 63.5 Å². The first-order valence-electron chi connectivity index (χ1n) is 8.06. The molecule has 1 nitrogen and oxygen atoms in total. The Morgan fingerprint density at radius 3 is 2.39 bits per heavy atom. The summed E-state index contributed by atoms with van der Waals surface area (Å²) in [5.74, 6) is 3.29. The standard InChI is InChI=1S/C16H31NS/c1-13(12-18-2)17-16-11-7-6-10-15(16)14-8-4-3-5-9-14/h13-17H,3-12H2,1-2H3. The van der Waals surface area contributed by atoms with Crippen molar-refractivity contribution in [1.82, 2.24) is 5.32 Å². The summed E-state index contributed by atoms with van der Waals surface area (Å²) in [5.41, 5.74) is 0. The van der Waals surface area contributed by atoms with Crippen molar-refractivity contribution in [2.75, 3.05) is 12.0 Å². The van der Waals surface area contributed by atoms with E-state index in [-0.39, 0.29) is 0 Å². The Morgan fingerprint density at radius 2 is 1.67 bits per heavy atom. The summed E-state index contributed by atoms with van der Waals surface area (Å²) in [4.78, 5) is 0. The van der Waals surface area contributed by atoms with Crippen molar-refractivity contribution >= 4 is 11.8 Å². The Balaban J connectivity index is 1.88. The number of rotatable bonds is 5. The van der Waals surface area contributed by atoms with Crippen LogP contribution in [0.1, 0.15) is 64.7 Å². The molecular weight excluding hydrogens is 238 g/mol. The van der Waals surface area contributed by atoms with Gasteiger partial charge in [-0.25, -0.2) is 0 Å². The summed E-state index contributed by atoms with van der Waals surface area (Å²) in [7, 11) is 0. The molecule has 0 bridgehead atoms. The van der Waals surface area contributed by atoms with E-state index in [1.54, 1.807) is 0 Å². The van der Waals surface area contributed by atoms with Gasteiger partial charge >= 0.3 is 0 Å². The number of hydrogen-bond donors (Lipinski definition) is 1. The van der Waals surface area contributed by atoms with E-state index in [4.69, 9.17) is 0 Å². The van der Waals surface area contributed by atoms with Crippen LogP contribution in [0.5, 0.6) is 0 Å². The molecule has 0 spiro atoms. The molecule has 3 unspecified atom stereocenters. The fraction of sp³-hybridized carbons (Fsp3) is 1.00. The largest absolute Gasteiger partial charge is 0.310 e. The van der Waals surface area contributed by atoms with Crippen molar-refractivity contribution in [3.05, 3.63) is 0 Å². The molecule has 0 radical (unpaired) electrons. The van der Waals surface area contributed by atoms with Crippen molar-refractivity contribution in [3.8, 4) is 0 Å². The summed E-state index contributed by atoms with van der Waals surface area (Å²) >= 11 is 1.97. The Bertz CT molecular complexity index is 225. The first-order chi connectivity index (χ1) is 8.81. The predicted octanol–water partition coefficient (Wildman–Crippen LogP) is 4.47. The minimum absolute atomic E-state index is 0.689. The number of thioether (sulfide) groups is 1. The van der Waals surface area contributed by atoms with Crippen LogP contribution in [0, 0.1) is 11.8 Å². The molecule has 3 atom stereocenters. The van der Waals surface area contributed by atoms with Crippen LogP contribution in [-0.2, 0) is 0 Å². The fourth-order valence-corrected chi connectivity index (χ4v) is 4.75. The molecule has 2 saturated carbocycles. The van der Waals surface area contributed by atoms with Crippen LogP contribution in [0.25, 0.3) is 0 Å². The smallest absolute Gasteiger partial charge is 0.0132 e. The van der Waals surface area contributed by atoms with E-state index in [2.05, 4.69) is 18.5 Å². The quantitative estimate of drug-likeness (QED) is 0.790. The lowest BCUT2D eigenvalue weighted by molar-refractivity contribution is 0.145. The maximum atomic E-state index is 3.95. The van der Waals surface area contributed by atoms with Gasteiger partial charge in [0.15, 0.2) is 0 Å². The van der Waals surface area contributed by atoms with E-state index in [9.17, 15) is 0 Å². The maximum Gasteiger partial charge on any atom is 0.0132 e. The van der Waals surface area contributed by atoms with E-state index in [0.717, 1.165) is 17.9 Å². The third kappa shape index (κ3) is 4.16. The van der Waals surface area contributed by atoms with Gasteiger partial charge in [-0.3, -0.25) is 0 Å². The van der Waals surface area contributed by atoms with Crippen LogP contribution < -0.4 is 5.32 Å². The van der Waals surface area contributed by atoms with E-state index in [1.807, 2.05) is 11.8 Å². The van der Waals surface area contributed by atoms with Gasteiger partial charge < -0.3 is 5.32 Å². The Hall–Kier alpha value is 0.310. The normalized spacial score (nSPS) is 32.3. The van der Waals surface area contributed by atoms with Gasteiger partial charge in [0.05, 0.1) is 0 Å². The molecule has 2 aliphatic carbocycles. The van der Waals surface area contributed by atoms with E-state index in [0.29, 0.717) is 6.04 Å². The first kappa shape index (κ1) is 14.7. The molecule has 0 heterocycles. The molecule has 2 heteroatoms. The lowest BCUT2D eigenvalue weighted by Crippen LogP contribution is -2.46. The van der Waals surface area contributed by atoms with Gasteiger partial charge in [0.1, 0.15) is 0 Å². The molecule has 0 aromatic carbocycles. The summed E-state index contributed by atoms with van der Waals surface area (Å²) in [6, 6.07) is 1.51. The molecule has 0 aliphatic heterocycles. The van der Waals surface area contributed by atoms with Gasteiger partial charge in [0.2, 0.25) is 0 Å². The van der Waals surface area contributed by atoms with Crippen LogP contribution in [0.4, 0.5) is 0 Å². The maximum absolute atomic E-state index is 3.95. The highest BCUT2D eigenvalue weighted by atomic mass is 32.2. The highest BCUT2D eigenvalue weighted by Crippen LogP contribution is 2.38. The fourth-order valence-electron chi connectivity index (χ4n) is 4.16. The summed E-state index contributed by atoms with van der Waals surface area (Å²) in [5, 5.41) is 3.95. The van der Waals surface area contributed by atoms with Crippen molar-refractivity contribution in [1.29, 1.82) is 0 Å². The minimum Gasteiger partial charge on any atom is -0.310 e. The summed E-state index contributed by atoms with van der Waals surface area (Å²) < 4.78 is 0. The molecule has 2 rings (SSSR count). The predicted molar refractivity (Wildman–Crippen MR) is 83.3 cm³/mol. The molecule has 106 valence electrons. The molecule has 2 aliphatic rings. The average Bonchev–Trinajstić information content (AvgIpc) is 2.40. The van der Waals surface area contributed by atoms with Crippen molar-refractivity contribution in [3.63, 3.8) is 0 Å². The van der Waals surface area contributed by atoms with Crippen LogP contribution in [0.2, 0.25) is 0 Å². The lowest BCUT2D eigenvalue weighted by atomic mass is 9.71. The minimum atomic E-state index is 0.689. The number of hydrogen-bond acceptors (Lipinski definition) is 2. The van der Waals surface area contributed by atoms with Crippen LogP contribution >= 0.6 is 11.8 Å². The van der Waals surface area contributed by atoms with Crippen LogP contribution in [0.3, 0.4) is 0 Å². The Labute approximate surface area is 118 Å². The molecular formula is C16H31NS. The topological polar surface area (TPSA) is 12.0 Å². The third-order valence-electron chi connectivity index (χ3n) is 4.99. The molecule has 1 N–H and O–H groups in total. The Kier molecular flexibility index (Phi) is 6.37.